The maximum Gasteiger partial charge on any atom is 0.336 e. The number of benzene rings is 2. The number of fused-ring (bicyclic) bond motifs is 1. The van der Waals surface area contributed by atoms with Crippen molar-refractivity contribution >= 4 is 28.5 Å². The van der Waals surface area contributed by atoms with Crippen LogP contribution in [-0.2, 0) is 11.3 Å². The van der Waals surface area contributed by atoms with Crippen LogP contribution in [0.15, 0.2) is 63.8 Å². The lowest BCUT2D eigenvalue weighted by Crippen LogP contribution is -2.27. The first-order chi connectivity index (χ1) is 11.5. The van der Waals surface area contributed by atoms with E-state index in [1.165, 1.54) is 18.2 Å². The van der Waals surface area contributed by atoms with Gasteiger partial charge in [-0.3, -0.25) is 4.79 Å². The summed E-state index contributed by atoms with van der Waals surface area (Å²) in [5.41, 5.74) is 0.739. The van der Waals surface area contributed by atoms with Gasteiger partial charge in [0.25, 0.3) is 0 Å². The maximum absolute atomic E-state index is 13.3. The summed E-state index contributed by atoms with van der Waals surface area (Å²) < 4.78 is 18.2. The number of carbonyl (C=O) groups excluding carboxylic acids is 1. The summed E-state index contributed by atoms with van der Waals surface area (Å²) in [6.45, 7) is 0.0859. The molecule has 1 unspecified atom stereocenters. The van der Waals surface area contributed by atoms with Crippen LogP contribution >= 0.6 is 11.6 Å². The number of hydrogen-bond acceptors (Lipinski definition) is 3. The normalized spacial score (nSPS) is 12.1. The van der Waals surface area contributed by atoms with E-state index in [0.29, 0.717) is 16.5 Å². The Labute approximate surface area is 141 Å². The van der Waals surface area contributed by atoms with Crippen molar-refractivity contribution in [3.05, 3.63) is 82.0 Å². The van der Waals surface area contributed by atoms with Crippen molar-refractivity contribution in [2.45, 2.75) is 11.9 Å². The molecule has 0 spiro atoms. The molecule has 0 bridgehead atoms. The van der Waals surface area contributed by atoms with E-state index >= 15 is 0 Å². The third kappa shape index (κ3) is 3.46. The summed E-state index contributed by atoms with van der Waals surface area (Å²) in [4.78, 5) is 23.8. The first-order valence-corrected chi connectivity index (χ1v) is 7.67. The van der Waals surface area contributed by atoms with Gasteiger partial charge in [-0.1, -0.05) is 30.3 Å². The molecular weight excluding hydrogens is 333 g/mol. The number of halogens is 2. The quantitative estimate of drug-likeness (QED) is 0.581. The van der Waals surface area contributed by atoms with Crippen LogP contribution in [0.2, 0.25) is 0 Å². The summed E-state index contributed by atoms with van der Waals surface area (Å²) in [6, 6.07) is 14.1. The fraction of sp³-hybridized carbons (Fsp3) is 0.111. The lowest BCUT2D eigenvalue weighted by atomic mass is 10.1. The molecular formula is C18H13ClFNO3. The molecule has 1 atom stereocenters. The predicted molar refractivity (Wildman–Crippen MR) is 89.3 cm³/mol. The molecule has 122 valence electrons. The van der Waals surface area contributed by atoms with Gasteiger partial charge in [-0.15, -0.1) is 11.6 Å². The average molecular weight is 346 g/mol. The largest absolute Gasteiger partial charge is 0.423 e. The highest BCUT2D eigenvalue weighted by Gasteiger charge is 2.17. The van der Waals surface area contributed by atoms with E-state index in [-0.39, 0.29) is 18.0 Å². The predicted octanol–water partition coefficient (Wildman–Crippen LogP) is 3.53. The fourth-order valence-electron chi connectivity index (χ4n) is 2.40. The molecule has 4 nitrogen and oxygen atoms in total. The second-order valence-electron chi connectivity index (χ2n) is 5.22. The molecule has 0 radical (unpaired) electrons. The molecule has 1 amide bonds. The van der Waals surface area contributed by atoms with Crippen molar-refractivity contribution < 1.29 is 13.6 Å². The molecule has 0 aliphatic rings. The number of rotatable bonds is 4. The van der Waals surface area contributed by atoms with Crippen LogP contribution < -0.4 is 10.9 Å². The molecule has 0 aliphatic carbocycles. The monoisotopic (exact) mass is 345 g/mol. The molecule has 1 aromatic heterocycles. The molecule has 24 heavy (non-hydrogen) atoms. The van der Waals surface area contributed by atoms with Crippen LogP contribution in [0.4, 0.5) is 4.39 Å². The Bertz CT molecular complexity index is 940. The van der Waals surface area contributed by atoms with Gasteiger partial charge in [-0.25, -0.2) is 9.18 Å². The van der Waals surface area contributed by atoms with Crippen LogP contribution in [0, 0.1) is 5.82 Å². The van der Waals surface area contributed by atoms with Crippen molar-refractivity contribution in [1.82, 2.24) is 5.32 Å². The third-order valence-corrected chi connectivity index (χ3v) is 4.02. The molecule has 2 aromatic carbocycles. The Morgan fingerprint density at radius 3 is 2.67 bits per heavy atom. The van der Waals surface area contributed by atoms with Crippen molar-refractivity contribution in [1.29, 1.82) is 0 Å². The Kier molecular flexibility index (Phi) is 4.62. The Morgan fingerprint density at radius 2 is 1.92 bits per heavy atom. The topological polar surface area (TPSA) is 59.3 Å². The number of amides is 1. The summed E-state index contributed by atoms with van der Waals surface area (Å²) in [5.74, 6) is -0.886. The lowest BCUT2D eigenvalue weighted by molar-refractivity contribution is -0.121. The van der Waals surface area contributed by atoms with Gasteiger partial charge >= 0.3 is 5.63 Å². The van der Waals surface area contributed by atoms with Gasteiger partial charge in [0, 0.05) is 24.1 Å². The molecule has 0 aliphatic heterocycles. The maximum atomic E-state index is 13.3. The SMILES string of the molecule is O=C(NCc1cc(=O)oc2cc(F)ccc12)C(Cl)c1ccccc1. The molecule has 0 fully saturated rings. The second kappa shape index (κ2) is 6.84. The van der Waals surface area contributed by atoms with Gasteiger partial charge in [0.05, 0.1) is 0 Å². The molecule has 1 heterocycles. The van der Waals surface area contributed by atoms with E-state index in [9.17, 15) is 14.0 Å². The van der Waals surface area contributed by atoms with Crippen LogP contribution in [0.25, 0.3) is 11.0 Å². The van der Waals surface area contributed by atoms with E-state index < -0.39 is 16.8 Å². The van der Waals surface area contributed by atoms with Gasteiger partial charge in [-0.2, -0.15) is 0 Å². The number of alkyl halides is 1. The van der Waals surface area contributed by atoms with E-state index in [1.54, 1.807) is 24.3 Å². The fourth-order valence-corrected chi connectivity index (χ4v) is 2.62. The van der Waals surface area contributed by atoms with Crippen LogP contribution in [0.3, 0.4) is 0 Å². The van der Waals surface area contributed by atoms with E-state index in [4.69, 9.17) is 16.0 Å². The number of carbonyl (C=O) groups is 1. The molecule has 3 aromatic rings. The zero-order valence-corrected chi connectivity index (χ0v) is 13.2. The molecule has 3 rings (SSSR count). The zero-order valence-electron chi connectivity index (χ0n) is 12.5. The van der Waals surface area contributed by atoms with Crippen molar-refractivity contribution in [3.8, 4) is 0 Å². The van der Waals surface area contributed by atoms with Gasteiger partial charge < -0.3 is 9.73 Å². The standard InChI is InChI=1S/C18H13ClFNO3/c19-17(11-4-2-1-3-5-11)18(23)21-10-12-8-16(22)24-15-9-13(20)6-7-14(12)15/h1-9,17H,10H2,(H,21,23). The second-order valence-corrected chi connectivity index (χ2v) is 5.66. The Balaban J connectivity index is 1.81. The molecule has 0 saturated carbocycles. The summed E-state index contributed by atoms with van der Waals surface area (Å²) in [5, 5.41) is 2.41. The van der Waals surface area contributed by atoms with Crippen molar-refractivity contribution in [2.24, 2.45) is 0 Å². The average Bonchev–Trinajstić information content (AvgIpc) is 2.59. The third-order valence-electron chi connectivity index (χ3n) is 3.57. The smallest absolute Gasteiger partial charge is 0.336 e. The van der Waals surface area contributed by atoms with Crippen LogP contribution in [0.5, 0.6) is 0 Å². The summed E-state index contributed by atoms with van der Waals surface area (Å²) in [7, 11) is 0. The molecule has 1 N–H and O–H groups in total. The lowest BCUT2D eigenvalue weighted by Gasteiger charge is -2.11. The Morgan fingerprint density at radius 1 is 1.17 bits per heavy atom. The highest BCUT2D eigenvalue weighted by atomic mass is 35.5. The minimum Gasteiger partial charge on any atom is -0.423 e. The van der Waals surface area contributed by atoms with Gasteiger partial charge in [0.15, 0.2) is 0 Å². The first kappa shape index (κ1) is 16.2. The van der Waals surface area contributed by atoms with Crippen molar-refractivity contribution in [3.63, 3.8) is 0 Å². The van der Waals surface area contributed by atoms with Crippen molar-refractivity contribution in [2.75, 3.05) is 0 Å². The highest BCUT2D eigenvalue weighted by Crippen LogP contribution is 2.21. The van der Waals surface area contributed by atoms with Crippen LogP contribution in [-0.4, -0.2) is 5.91 Å². The zero-order chi connectivity index (χ0) is 17.1. The van der Waals surface area contributed by atoms with Gasteiger partial charge in [-0.05, 0) is 23.3 Å². The number of nitrogens with one attached hydrogen (secondary N) is 1. The molecule has 6 heteroatoms. The number of hydrogen-bond donors (Lipinski definition) is 1. The first-order valence-electron chi connectivity index (χ1n) is 7.23. The van der Waals surface area contributed by atoms with E-state index in [0.717, 1.165) is 6.07 Å². The minimum atomic E-state index is -0.838. The summed E-state index contributed by atoms with van der Waals surface area (Å²) in [6.07, 6.45) is 0. The van der Waals surface area contributed by atoms with Gasteiger partial charge in [0.1, 0.15) is 16.8 Å². The highest BCUT2D eigenvalue weighted by molar-refractivity contribution is 6.30. The van der Waals surface area contributed by atoms with E-state index in [2.05, 4.69) is 5.32 Å². The molecule has 0 saturated heterocycles. The minimum absolute atomic E-state index is 0.0859. The summed E-state index contributed by atoms with van der Waals surface area (Å²) >= 11 is 6.15. The van der Waals surface area contributed by atoms with E-state index in [1.807, 2.05) is 6.07 Å². The Hall–Kier alpha value is -2.66. The van der Waals surface area contributed by atoms with Crippen LogP contribution in [0.1, 0.15) is 16.5 Å². The van der Waals surface area contributed by atoms with Gasteiger partial charge in [0.2, 0.25) is 5.91 Å².